The molecular formula is C15H22N2O3S. The molecule has 5 nitrogen and oxygen atoms in total. The Hall–Kier alpha value is -0.850. The van der Waals surface area contributed by atoms with Crippen LogP contribution >= 0.6 is 0 Å². The van der Waals surface area contributed by atoms with Crippen molar-refractivity contribution in [1.82, 2.24) is 5.32 Å². The highest BCUT2D eigenvalue weighted by atomic mass is 32.2. The lowest BCUT2D eigenvalue weighted by molar-refractivity contribution is -0.0148. The molecule has 4 aliphatic carbocycles. The van der Waals surface area contributed by atoms with Gasteiger partial charge in [0, 0.05) is 6.04 Å². The molecule has 3 N–H and O–H groups in total. The molecule has 0 atom stereocenters. The van der Waals surface area contributed by atoms with Crippen molar-refractivity contribution in [3.63, 3.8) is 0 Å². The summed E-state index contributed by atoms with van der Waals surface area (Å²) in [5.41, 5.74) is 0. The number of primary sulfonamides is 1. The number of rotatable bonds is 4. The van der Waals surface area contributed by atoms with Gasteiger partial charge in [0.05, 0.1) is 6.54 Å². The summed E-state index contributed by atoms with van der Waals surface area (Å²) >= 11 is 0. The Morgan fingerprint density at radius 1 is 1.10 bits per heavy atom. The number of hydrogen-bond donors (Lipinski definition) is 2. The Labute approximate surface area is 125 Å². The molecular weight excluding hydrogens is 288 g/mol. The third-order valence-electron chi connectivity index (χ3n) is 5.66. The van der Waals surface area contributed by atoms with E-state index in [1.165, 1.54) is 38.2 Å². The van der Waals surface area contributed by atoms with Crippen LogP contribution in [-0.4, -0.2) is 14.5 Å². The van der Waals surface area contributed by atoms with Crippen LogP contribution in [0, 0.1) is 23.7 Å². The smallest absolute Gasteiger partial charge is 0.271 e. The number of nitrogens with two attached hydrogens (primary N) is 1. The minimum absolute atomic E-state index is 0.149. The first-order valence-corrected chi connectivity index (χ1v) is 9.38. The monoisotopic (exact) mass is 310 g/mol. The molecule has 0 unspecified atom stereocenters. The van der Waals surface area contributed by atoms with Crippen LogP contribution in [0.4, 0.5) is 0 Å². The van der Waals surface area contributed by atoms with Crippen molar-refractivity contribution < 1.29 is 12.8 Å². The van der Waals surface area contributed by atoms with Crippen LogP contribution in [0.1, 0.15) is 37.9 Å². The summed E-state index contributed by atoms with van der Waals surface area (Å²) in [6.07, 6.45) is 6.92. The summed E-state index contributed by atoms with van der Waals surface area (Å²) in [4.78, 5) is 0. The van der Waals surface area contributed by atoms with Crippen LogP contribution in [0.25, 0.3) is 0 Å². The van der Waals surface area contributed by atoms with E-state index in [0.29, 0.717) is 18.3 Å². The lowest BCUT2D eigenvalue weighted by Crippen LogP contribution is -2.54. The molecule has 1 aromatic heterocycles. The second kappa shape index (κ2) is 4.83. The quantitative estimate of drug-likeness (QED) is 0.888. The van der Waals surface area contributed by atoms with Gasteiger partial charge in [-0.25, -0.2) is 13.6 Å². The molecule has 0 radical (unpaired) electrons. The first-order valence-electron chi connectivity index (χ1n) is 7.84. The van der Waals surface area contributed by atoms with Gasteiger partial charge in [-0.1, -0.05) is 0 Å². The molecule has 5 rings (SSSR count). The fourth-order valence-electron chi connectivity index (χ4n) is 5.08. The molecule has 0 aromatic carbocycles. The molecule has 4 bridgehead atoms. The fraction of sp³-hybridized carbons (Fsp3) is 0.733. The van der Waals surface area contributed by atoms with Gasteiger partial charge < -0.3 is 9.73 Å². The molecule has 1 heterocycles. The summed E-state index contributed by atoms with van der Waals surface area (Å²) in [6.45, 7) is 0.586. The van der Waals surface area contributed by atoms with Crippen molar-refractivity contribution in [2.75, 3.05) is 0 Å². The van der Waals surface area contributed by atoms with Crippen molar-refractivity contribution in [1.29, 1.82) is 0 Å². The first kappa shape index (κ1) is 13.8. The van der Waals surface area contributed by atoms with E-state index < -0.39 is 10.0 Å². The topological polar surface area (TPSA) is 85.3 Å². The van der Waals surface area contributed by atoms with E-state index in [9.17, 15) is 8.42 Å². The van der Waals surface area contributed by atoms with Gasteiger partial charge in [0.15, 0.2) is 0 Å². The summed E-state index contributed by atoms with van der Waals surface area (Å²) < 4.78 is 27.7. The van der Waals surface area contributed by atoms with Crippen LogP contribution in [0.3, 0.4) is 0 Å². The molecule has 0 saturated heterocycles. The minimum Gasteiger partial charge on any atom is -0.447 e. The normalized spacial score (nSPS) is 38.0. The molecule has 0 amide bonds. The van der Waals surface area contributed by atoms with Crippen molar-refractivity contribution in [2.24, 2.45) is 28.8 Å². The maximum Gasteiger partial charge on any atom is 0.271 e. The Morgan fingerprint density at radius 3 is 2.24 bits per heavy atom. The highest BCUT2D eigenvalue weighted by Crippen LogP contribution is 2.53. The third kappa shape index (κ3) is 2.53. The predicted molar refractivity (Wildman–Crippen MR) is 77.8 cm³/mol. The van der Waals surface area contributed by atoms with Crippen LogP contribution < -0.4 is 10.5 Å². The molecule has 116 valence electrons. The van der Waals surface area contributed by atoms with Gasteiger partial charge >= 0.3 is 0 Å². The van der Waals surface area contributed by atoms with Crippen LogP contribution in [-0.2, 0) is 16.6 Å². The third-order valence-corrected chi connectivity index (χ3v) is 6.44. The van der Waals surface area contributed by atoms with Crippen molar-refractivity contribution in [3.05, 3.63) is 17.9 Å². The van der Waals surface area contributed by atoms with E-state index in [0.717, 1.165) is 23.7 Å². The lowest BCUT2D eigenvalue weighted by atomic mass is 9.54. The Bertz CT molecular complexity index is 609. The average Bonchev–Trinajstić information content (AvgIpc) is 2.85. The van der Waals surface area contributed by atoms with E-state index in [1.807, 2.05) is 0 Å². The standard InChI is InChI=1S/C15H22N2O3S/c16-21(18,19)14-2-1-13(20-14)8-17-15-11-4-9-3-10(6-11)7-12(15)5-9/h1-2,9-12,15,17H,3-8H2,(H2,16,18,19). The summed E-state index contributed by atoms with van der Waals surface area (Å²) in [7, 11) is -3.74. The Morgan fingerprint density at radius 2 is 1.71 bits per heavy atom. The minimum atomic E-state index is -3.74. The zero-order valence-electron chi connectivity index (χ0n) is 12.0. The van der Waals surface area contributed by atoms with Gasteiger partial charge in [0.25, 0.3) is 10.0 Å². The van der Waals surface area contributed by atoms with Gasteiger partial charge in [0.1, 0.15) is 5.76 Å². The molecule has 4 saturated carbocycles. The Balaban J connectivity index is 1.42. The number of hydrogen-bond acceptors (Lipinski definition) is 4. The SMILES string of the molecule is NS(=O)(=O)c1ccc(CNC2C3CC4CC(C3)CC2C4)o1. The molecule has 21 heavy (non-hydrogen) atoms. The average molecular weight is 310 g/mol. The summed E-state index contributed by atoms with van der Waals surface area (Å²) in [6, 6.07) is 3.70. The van der Waals surface area contributed by atoms with E-state index >= 15 is 0 Å². The van der Waals surface area contributed by atoms with Gasteiger partial charge in [-0.2, -0.15) is 0 Å². The number of furan rings is 1. The molecule has 6 heteroatoms. The van der Waals surface area contributed by atoms with E-state index in [1.54, 1.807) is 6.07 Å². The maximum atomic E-state index is 11.2. The van der Waals surface area contributed by atoms with Crippen molar-refractivity contribution >= 4 is 10.0 Å². The van der Waals surface area contributed by atoms with Crippen LogP contribution in [0.15, 0.2) is 21.6 Å². The zero-order chi connectivity index (χ0) is 14.6. The summed E-state index contributed by atoms with van der Waals surface area (Å²) in [5.74, 6) is 4.17. The molecule has 1 aromatic rings. The largest absolute Gasteiger partial charge is 0.447 e. The molecule has 4 fully saturated rings. The van der Waals surface area contributed by atoms with Crippen molar-refractivity contribution in [3.8, 4) is 0 Å². The van der Waals surface area contributed by atoms with Crippen LogP contribution in [0.2, 0.25) is 0 Å². The molecule has 0 spiro atoms. The molecule has 4 aliphatic rings. The van der Waals surface area contributed by atoms with Gasteiger partial charge in [-0.05, 0) is 67.9 Å². The first-order chi connectivity index (χ1) is 9.99. The van der Waals surface area contributed by atoms with Gasteiger partial charge in [-0.15, -0.1) is 0 Å². The summed E-state index contributed by atoms with van der Waals surface area (Å²) in [5, 5.41) is 8.53. The number of nitrogens with one attached hydrogen (secondary N) is 1. The second-order valence-electron chi connectivity index (χ2n) is 7.10. The highest BCUT2D eigenvalue weighted by Gasteiger charge is 2.47. The van der Waals surface area contributed by atoms with Crippen molar-refractivity contribution in [2.45, 2.75) is 49.8 Å². The second-order valence-corrected chi connectivity index (χ2v) is 8.60. The van der Waals surface area contributed by atoms with Crippen LogP contribution in [0.5, 0.6) is 0 Å². The highest BCUT2D eigenvalue weighted by molar-refractivity contribution is 7.89. The van der Waals surface area contributed by atoms with Gasteiger partial charge in [0.2, 0.25) is 5.09 Å². The van der Waals surface area contributed by atoms with E-state index in [2.05, 4.69) is 5.32 Å². The van der Waals surface area contributed by atoms with E-state index in [4.69, 9.17) is 9.56 Å². The Kier molecular flexibility index (Phi) is 3.17. The maximum absolute atomic E-state index is 11.2. The lowest BCUT2D eigenvalue weighted by Gasteiger charge is -2.54. The van der Waals surface area contributed by atoms with E-state index in [-0.39, 0.29) is 5.09 Å². The molecule has 0 aliphatic heterocycles. The fourth-order valence-corrected chi connectivity index (χ4v) is 5.56. The van der Waals surface area contributed by atoms with Gasteiger partial charge in [-0.3, -0.25) is 0 Å². The predicted octanol–water partition coefficient (Wildman–Crippen LogP) is 1.84. The zero-order valence-corrected chi connectivity index (χ0v) is 12.8. The number of sulfonamides is 1.